The molecule has 0 heterocycles. The maximum atomic E-state index is 12.9. The van der Waals surface area contributed by atoms with E-state index in [1.807, 2.05) is 74.5 Å². The van der Waals surface area contributed by atoms with E-state index in [1.54, 1.807) is 4.90 Å². The number of hydrogen-bond donors (Lipinski definition) is 1. The van der Waals surface area contributed by atoms with E-state index in [2.05, 4.69) is 5.32 Å². The lowest BCUT2D eigenvalue weighted by Crippen LogP contribution is -2.34. The Balaban J connectivity index is 1.99. The average molecular weight is 338 g/mol. The third kappa shape index (κ3) is 6.07. The van der Waals surface area contributed by atoms with Crippen LogP contribution in [0.2, 0.25) is 0 Å². The number of rotatable bonds is 8. The standard InChI is InChI=1S/C21H26N2O2/c1-17(2)16-20(24)22-14-9-15-23(19-12-7-4-8-13-19)21(25)18-10-5-3-6-11-18/h3-8,10-13,17H,9,14-16H2,1-2H3,(H,22,24). The van der Waals surface area contributed by atoms with Crippen molar-refractivity contribution in [3.05, 3.63) is 66.2 Å². The van der Waals surface area contributed by atoms with Crippen molar-refractivity contribution >= 4 is 17.5 Å². The van der Waals surface area contributed by atoms with Crippen molar-refractivity contribution in [2.24, 2.45) is 5.92 Å². The number of carbonyl (C=O) groups excluding carboxylic acids is 2. The van der Waals surface area contributed by atoms with E-state index >= 15 is 0 Å². The van der Waals surface area contributed by atoms with Crippen molar-refractivity contribution < 1.29 is 9.59 Å². The predicted molar refractivity (Wildman–Crippen MR) is 102 cm³/mol. The van der Waals surface area contributed by atoms with Gasteiger partial charge in [0.1, 0.15) is 0 Å². The summed E-state index contributed by atoms with van der Waals surface area (Å²) in [5.41, 5.74) is 1.53. The Morgan fingerprint density at radius 3 is 2.16 bits per heavy atom. The molecule has 1 N–H and O–H groups in total. The van der Waals surface area contributed by atoms with Gasteiger partial charge in [-0.05, 0) is 36.6 Å². The zero-order valence-electron chi connectivity index (χ0n) is 14.9. The molecular weight excluding hydrogens is 312 g/mol. The second kappa shape index (κ2) is 9.62. The Morgan fingerprint density at radius 1 is 0.960 bits per heavy atom. The molecule has 2 amide bonds. The SMILES string of the molecule is CC(C)CC(=O)NCCCN(C(=O)c1ccccc1)c1ccccc1. The summed E-state index contributed by atoms with van der Waals surface area (Å²) in [5.74, 6) is 0.386. The molecule has 2 aromatic rings. The normalized spacial score (nSPS) is 10.5. The first-order chi connectivity index (χ1) is 12.1. The van der Waals surface area contributed by atoms with Gasteiger partial charge >= 0.3 is 0 Å². The van der Waals surface area contributed by atoms with Gasteiger partial charge < -0.3 is 10.2 Å². The van der Waals surface area contributed by atoms with Gasteiger partial charge in [-0.2, -0.15) is 0 Å². The maximum absolute atomic E-state index is 12.9. The molecule has 0 aliphatic heterocycles. The van der Waals surface area contributed by atoms with Gasteiger partial charge in [0.05, 0.1) is 0 Å². The number of nitrogens with zero attached hydrogens (tertiary/aromatic N) is 1. The topological polar surface area (TPSA) is 49.4 Å². The van der Waals surface area contributed by atoms with Gasteiger partial charge in [0.2, 0.25) is 5.91 Å². The average Bonchev–Trinajstić information content (AvgIpc) is 2.62. The minimum absolute atomic E-state index is 0.0275. The highest BCUT2D eigenvalue weighted by atomic mass is 16.2. The van der Waals surface area contributed by atoms with Gasteiger partial charge in [-0.1, -0.05) is 50.2 Å². The highest BCUT2D eigenvalue weighted by molar-refractivity contribution is 6.06. The molecule has 0 aliphatic rings. The summed E-state index contributed by atoms with van der Waals surface area (Å²) in [6.07, 6.45) is 1.24. The van der Waals surface area contributed by atoms with E-state index in [-0.39, 0.29) is 11.8 Å². The van der Waals surface area contributed by atoms with Crippen LogP contribution in [0.4, 0.5) is 5.69 Å². The lowest BCUT2D eigenvalue weighted by molar-refractivity contribution is -0.121. The molecule has 0 aliphatic carbocycles. The van der Waals surface area contributed by atoms with E-state index in [0.29, 0.717) is 37.4 Å². The summed E-state index contributed by atoms with van der Waals surface area (Å²) in [7, 11) is 0. The Bertz CT molecular complexity index is 669. The highest BCUT2D eigenvalue weighted by Gasteiger charge is 2.17. The largest absolute Gasteiger partial charge is 0.356 e. The van der Waals surface area contributed by atoms with Crippen LogP contribution in [0.25, 0.3) is 0 Å². The molecule has 25 heavy (non-hydrogen) atoms. The third-order valence-corrected chi connectivity index (χ3v) is 3.81. The second-order valence-electron chi connectivity index (χ2n) is 6.46. The Labute approximate surface area is 149 Å². The minimum Gasteiger partial charge on any atom is -0.356 e. The van der Waals surface area contributed by atoms with Gasteiger partial charge in [0, 0.05) is 30.8 Å². The van der Waals surface area contributed by atoms with Crippen molar-refractivity contribution in [1.82, 2.24) is 5.32 Å². The number of anilines is 1. The van der Waals surface area contributed by atoms with Crippen LogP contribution in [0.5, 0.6) is 0 Å². The lowest BCUT2D eigenvalue weighted by Gasteiger charge is -2.23. The number of carbonyl (C=O) groups is 2. The van der Waals surface area contributed by atoms with Crippen LogP contribution >= 0.6 is 0 Å². The molecule has 0 bridgehead atoms. The monoisotopic (exact) mass is 338 g/mol. The fourth-order valence-corrected chi connectivity index (χ4v) is 2.60. The summed E-state index contributed by atoms with van der Waals surface area (Å²) in [5, 5.41) is 2.92. The third-order valence-electron chi connectivity index (χ3n) is 3.81. The van der Waals surface area contributed by atoms with Crippen LogP contribution in [0.3, 0.4) is 0 Å². The number of para-hydroxylation sites is 1. The number of hydrogen-bond acceptors (Lipinski definition) is 2. The van der Waals surface area contributed by atoms with Crippen molar-refractivity contribution in [3.63, 3.8) is 0 Å². The van der Waals surface area contributed by atoms with Crippen molar-refractivity contribution in [3.8, 4) is 0 Å². The van der Waals surface area contributed by atoms with E-state index in [9.17, 15) is 9.59 Å². The molecule has 0 unspecified atom stereocenters. The quantitative estimate of drug-likeness (QED) is 0.743. The highest BCUT2D eigenvalue weighted by Crippen LogP contribution is 2.17. The van der Waals surface area contributed by atoms with Crippen LogP contribution in [0.1, 0.15) is 37.0 Å². The number of amides is 2. The lowest BCUT2D eigenvalue weighted by atomic mass is 10.1. The summed E-state index contributed by atoms with van der Waals surface area (Å²) in [4.78, 5) is 26.4. The van der Waals surface area contributed by atoms with Gasteiger partial charge in [-0.15, -0.1) is 0 Å². The molecule has 0 fully saturated rings. The van der Waals surface area contributed by atoms with Crippen LogP contribution in [0, 0.1) is 5.92 Å². The number of benzene rings is 2. The van der Waals surface area contributed by atoms with Gasteiger partial charge in [-0.25, -0.2) is 0 Å². The second-order valence-corrected chi connectivity index (χ2v) is 6.46. The van der Waals surface area contributed by atoms with E-state index < -0.39 is 0 Å². The zero-order chi connectivity index (χ0) is 18.1. The van der Waals surface area contributed by atoms with Gasteiger partial charge in [-0.3, -0.25) is 9.59 Å². The van der Waals surface area contributed by atoms with E-state index in [4.69, 9.17) is 0 Å². The molecule has 4 heteroatoms. The smallest absolute Gasteiger partial charge is 0.258 e. The molecule has 0 spiro atoms. The molecule has 0 saturated heterocycles. The Morgan fingerprint density at radius 2 is 1.56 bits per heavy atom. The molecule has 0 saturated carbocycles. The molecule has 0 aromatic heterocycles. The summed E-state index contributed by atoms with van der Waals surface area (Å²) < 4.78 is 0. The first-order valence-corrected chi connectivity index (χ1v) is 8.76. The summed E-state index contributed by atoms with van der Waals surface area (Å²) >= 11 is 0. The fraction of sp³-hybridized carbons (Fsp3) is 0.333. The minimum atomic E-state index is -0.0275. The molecule has 0 radical (unpaired) electrons. The van der Waals surface area contributed by atoms with E-state index in [0.717, 1.165) is 5.69 Å². The Kier molecular flexibility index (Phi) is 7.20. The molecule has 2 rings (SSSR count). The maximum Gasteiger partial charge on any atom is 0.258 e. The zero-order valence-corrected chi connectivity index (χ0v) is 14.9. The van der Waals surface area contributed by atoms with Crippen LogP contribution in [0.15, 0.2) is 60.7 Å². The molecule has 4 nitrogen and oxygen atoms in total. The summed E-state index contributed by atoms with van der Waals surface area (Å²) in [6.45, 7) is 5.17. The number of nitrogens with one attached hydrogen (secondary N) is 1. The molecule has 0 atom stereocenters. The molecule has 2 aromatic carbocycles. The van der Waals surface area contributed by atoms with Crippen LogP contribution in [-0.4, -0.2) is 24.9 Å². The van der Waals surface area contributed by atoms with Gasteiger partial charge in [0.15, 0.2) is 0 Å². The van der Waals surface area contributed by atoms with Crippen molar-refractivity contribution in [1.29, 1.82) is 0 Å². The van der Waals surface area contributed by atoms with Crippen molar-refractivity contribution in [2.75, 3.05) is 18.0 Å². The van der Waals surface area contributed by atoms with Crippen molar-refractivity contribution in [2.45, 2.75) is 26.7 Å². The van der Waals surface area contributed by atoms with E-state index in [1.165, 1.54) is 0 Å². The molecular formula is C21H26N2O2. The van der Waals surface area contributed by atoms with Crippen LogP contribution in [-0.2, 0) is 4.79 Å². The fourth-order valence-electron chi connectivity index (χ4n) is 2.60. The first kappa shape index (κ1) is 18.7. The summed E-state index contributed by atoms with van der Waals surface area (Å²) in [6, 6.07) is 18.9. The molecule has 132 valence electrons. The first-order valence-electron chi connectivity index (χ1n) is 8.76. The van der Waals surface area contributed by atoms with Gasteiger partial charge in [0.25, 0.3) is 5.91 Å². The van der Waals surface area contributed by atoms with Crippen LogP contribution < -0.4 is 10.2 Å². The Hall–Kier alpha value is -2.62. The predicted octanol–water partition coefficient (Wildman–Crippen LogP) is 3.89.